The fraction of sp³-hybridized carbons (Fsp3) is 0.571. The Balaban J connectivity index is 0.00000225. The van der Waals surface area contributed by atoms with Crippen molar-refractivity contribution in [2.75, 3.05) is 20.1 Å². The highest BCUT2D eigenvalue weighted by Crippen LogP contribution is 2.47. The molecule has 2 heterocycles. The third kappa shape index (κ3) is 4.85. The molecular formula is C21H31IN6. The fourth-order valence-corrected chi connectivity index (χ4v) is 4.01. The molecule has 1 aromatic heterocycles. The molecule has 2 N–H and O–H groups in total. The lowest BCUT2D eigenvalue weighted by Gasteiger charge is -2.19. The van der Waals surface area contributed by atoms with E-state index in [4.69, 9.17) is 0 Å². The van der Waals surface area contributed by atoms with Gasteiger partial charge in [-0.05, 0) is 31.2 Å². The summed E-state index contributed by atoms with van der Waals surface area (Å²) in [6.07, 6.45) is 8.18. The predicted molar refractivity (Wildman–Crippen MR) is 123 cm³/mol. The minimum Gasteiger partial charge on any atom is -0.356 e. The zero-order chi connectivity index (χ0) is 18.5. The van der Waals surface area contributed by atoms with E-state index in [9.17, 15) is 0 Å². The summed E-state index contributed by atoms with van der Waals surface area (Å²) in [5, 5.41) is 15.8. The minimum atomic E-state index is 0. The highest BCUT2D eigenvalue weighted by atomic mass is 127. The van der Waals surface area contributed by atoms with E-state index in [1.165, 1.54) is 37.7 Å². The van der Waals surface area contributed by atoms with Crippen molar-refractivity contribution in [3.05, 3.63) is 47.5 Å². The first-order valence-corrected chi connectivity index (χ1v) is 10.2. The van der Waals surface area contributed by atoms with Crippen LogP contribution in [0.2, 0.25) is 0 Å². The summed E-state index contributed by atoms with van der Waals surface area (Å²) in [6, 6.07) is 10.8. The molecule has 6 nitrogen and oxygen atoms in total. The number of hydrogen-bond donors (Lipinski definition) is 2. The van der Waals surface area contributed by atoms with Gasteiger partial charge in [-0.2, -0.15) is 0 Å². The molecule has 28 heavy (non-hydrogen) atoms. The molecule has 0 amide bonds. The van der Waals surface area contributed by atoms with Crippen molar-refractivity contribution in [1.29, 1.82) is 0 Å². The Bertz CT molecular complexity index is 781. The van der Waals surface area contributed by atoms with Crippen molar-refractivity contribution in [2.24, 2.45) is 4.99 Å². The summed E-state index contributed by atoms with van der Waals surface area (Å²) in [5.74, 6) is 3.12. The maximum absolute atomic E-state index is 4.41. The highest BCUT2D eigenvalue weighted by Gasteiger charge is 2.43. The number of nitrogens with one attached hydrogen (secondary N) is 2. The van der Waals surface area contributed by atoms with E-state index in [-0.39, 0.29) is 29.4 Å². The van der Waals surface area contributed by atoms with Gasteiger partial charge in [0.05, 0.1) is 0 Å². The highest BCUT2D eigenvalue weighted by molar-refractivity contribution is 14.0. The lowest BCUT2D eigenvalue weighted by molar-refractivity contribution is 0.598. The van der Waals surface area contributed by atoms with Crippen LogP contribution < -0.4 is 10.6 Å². The third-order valence-corrected chi connectivity index (χ3v) is 5.88. The number of fused-ring (bicyclic) bond motifs is 1. The number of aryl methyl sites for hydroxylation is 1. The van der Waals surface area contributed by atoms with E-state index in [1.54, 1.807) is 0 Å². The second-order valence-electron chi connectivity index (χ2n) is 7.74. The van der Waals surface area contributed by atoms with Gasteiger partial charge in [-0.1, -0.05) is 36.8 Å². The van der Waals surface area contributed by atoms with Crippen LogP contribution in [0.3, 0.4) is 0 Å². The van der Waals surface area contributed by atoms with E-state index >= 15 is 0 Å². The number of aliphatic imine (C=N–C) groups is 1. The molecule has 0 saturated heterocycles. The monoisotopic (exact) mass is 494 g/mol. The first kappa shape index (κ1) is 21.1. The average Bonchev–Trinajstić information content (AvgIpc) is 3.46. The van der Waals surface area contributed by atoms with Crippen molar-refractivity contribution in [2.45, 2.75) is 56.9 Å². The molecular weight excluding hydrogens is 463 g/mol. The van der Waals surface area contributed by atoms with Gasteiger partial charge >= 0.3 is 0 Å². The molecule has 2 aromatic rings. The molecule has 1 aliphatic carbocycles. The molecule has 1 fully saturated rings. The van der Waals surface area contributed by atoms with Crippen LogP contribution in [0, 0.1) is 0 Å². The first-order chi connectivity index (χ1) is 13.3. The molecule has 4 rings (SSSR count). The Morgan fingerprint density at radius 1 is 1.11 bits per heavy atom. The van der Waals surface area contributed by atoms with Gasteiger partial charge < -0.3 is 15.2 Å². The quantitative estimate of drug-likeness (QED) is 0.368. The maximum atomic E-state index is 4.41. The van der Waals surface area contributed by atoms with Crippen molar-refractivity contribution >= 4 is 29.9 Å². The predicted octanol–water partition coefficient (Wildman–Crippen LogP) is 3.06. The molecule has 0 unspecified atom stereocenters. The van der Waals surface area contributed by atoms with Gasteiger partial charge in [0.1, 0.15) is 11.6 Å². The molecule has 1 aliphatic heterocycles. The number of hydrogen-bond acceptors (Lipinski definition) is 3. The molecule has 2 aliphatic rings. The second kappa shape index (κ2) is 9.71. The summed E-state index contributed by atoms with van der Waals surface area (Å²) in [7, 11) is 1.83. The smallest absolute Gasteiger partial charge is 0.191 e. The average molecular weight is 494 g/mol. The summed E-state index contributed by atoms with van der Waals surface area (Å²) in [5.41, 5.74) is 1.71. The van der Waals surface area contributed by atoms with E-state index in [2.05, 4.69) is 60.7 Å². The van der Waals surface area contributed by atoms with E-state index in [1.807, 2.05) is 7.05 Å². The molecule has 0 atom stereocenters. The van der Waals surface area contributed by atoms with Crippen molar-refractivity contribution < 1.29 is 0 Å². The Morgan fingerprint density at radius 3 is 2.68 bits per heavy atom. The zero-order valence-electron chi connectivity index (χ0n) is 16.7. The van der Waals surface area contributed by atoms with Crippen LogP contribution in [-0.4, -0.2) is 40.9 Å². The minimum absolute atomic E-state index is 0. The van der Waals surface area contributed by atoms with E-state index in [0.29, 0.717) is 0 Å². The largest absolute Gasteiger partial charge is 0.356 e. The summed E-state index contributed by atoms with van der Waals surface area (Å²) < 4.78 is 2.32. The van der Waals surface area contributed by atoms with Crippen molar-refractivity contribution in [3.63, 3.8) is 0 Å². The first-order valence-electron chi connectivity index (χ1n) is 10.2. The molecule has 0 bridgehead atoms. The van der Waals surface area contributed by atoms with Gasteiger partial charge in [-0.25, -0.2) is 0 Å². The van der Waals surface area contributed by atoms with Crippen LogP contribution in [0.1, 0.15) is 49.3 Å². The van der Waals surface area contributed by atoms with E-state index in [0.717, 1.165) is 50.1 Å². The van der Waals surface area contributed by atoms with Gasteiger partial charge in [0.15, 0.2) is 5.96 Å². The Morgan fingerprint density at radius 2 is 1.93 bits per heavy atom. The zero-order valence-corrected chi connectivity index (χ0v) is 19.0. The number of benzene rings is 1. The molecule has 0 radical (unpaired) electrons. The maximum Gasteiger partial charge on any atom is 0.191 e. The second-order valence-corrected chi connectivity index (χ2v) is 7.74. The van der Waals surface area contributed by atoms with Crippen LogP contribution in [0.15, 0.2) is 35.3 Å². The molecule has 7 heteroatoms. The summed E-state index contributed by atoms with van der Waals surface area (Å²) in [6.45, 7) is 2.80. The van der Waals surface area contributed by atoms with E-state index < -0.39 is 0 Å². The molecule has 1 saturated carbocycles. The third-order valence-electron chi connectivity index (χ3n) is 5.88. The number of halogens is 1. The lowest BCUT2D eigenvalue weighted by atomic mass is 9.96. The number of nitrogens with zero attached hydrogens (tertiary/aromatic N) is 4. The van der Waals surface area contributed by atoms with Gasteiger partial charge in [-0.3, -0.25) is 4.99 Å². The number of aromatic nitrogens is 3. The number of guanidine groups is 1. The normalized spacial score (nSPS) is 17.8. The Labute approximate surface area is 184 Å². The van der Waals surface area contributed by atoms with Crippen LogP contribution in [0.25, 0.3) is 0 Å². The van der Waals surface area contributed by atoms with Gasteiger partial charge in [0.2, 0.25) is 0 Å². The fourth-order valence-electron chi connectivity index (χ4n) is 4.01. The van der Waals surface area contributed by atoms with Gasteiger partial charge in [0.25, 0.3) is 0 Å². The molecule has 152 valence electrons. The Kier molecular flexibility index (Phi) is 7.31. The number of rotatable bonds is 6. The van der Waals surface area contributed by atoms with Crippen LogP contribution in [-0.2, 0) is 24.8 Å². The van der Waals surface area contributed by atoms with Gasteiger partial charge in [-0.15, -0.1) is 34.2 Å². The lowest BCUT2D eigenvalue weighted by Crippen LogP contribution is -2.42. The van der Waals surface area contributed by atoms with Gasteiger partial charge in [0, 0.05) is 44.9 Å². The van der Waals surface area contributed by atoms with Crippen LogP contribution >= 0.6 is 24.0 Å². The standard InChI is InChI=1S/C21H30N6.HI/c1-22-20(24-16-21(12-13-21)17-8-4-2-5-9-17)23-14-11-19-26-25-18-10-6-3-7-15-27(18)19;/h2,4-5,8-9H,3,6-7,10-16H2,1H3,(H2,22,23,24);1H. The molecule has 0 spiro atoms. The van der Waals surface area contributed by atoms with Crippen molar-refractivity contribution in [1.82, 2.24) is 25.4 Å². The SMILES string of the molecule is CN=C(NCCc1nnc2n1CCCCC2)NCC1(c2ccccc2)CC1.I. The van der Waals surface area contributed by atoms with Crippen LogP contribution in [0.4, 0.5) is 0 Å². The summed E-state index contributed by atoms with van der Waals surface area (Å²) >= 11 is 0. The van der Waals surface area contributed by atoms with Crippen molar-refractivity contribution in [3.8, 4) is 0 Å². The van der Waals surface area contributed by atoms with Crippen LogP contribution in [0.5, 0.6) is 0 Å². The topological polar surface area (TPSA) is 67.1 Å². The summed E-state index contributed by atoms with van der Waals surface area (Å²) in [4.78, 5) is 4.39. The molecule has 1 aromatic carbocycles. The Hall–Kier alpha value is -1.64.